The van der Waals surface area contributed by atoms with Gasteiger partial charge in [0.15, 0.2) is 0 Å². The van der Waals surface area contributed by atoms with Crippen LogP contribution in [0.3, 0.4) is 0 Å². The third-order valence-corrected chi connectivity index (χ3v) is 5.66. The molecule has 0 spiro atoms. The Labute approximate surface area is 195 Å². The molecule has 0 radical (unpaired) electrons. The summed E-state index contributed by atoms with van der Waals surface area (Å²) in [6.45, 7) is 3.74. The van der Waals surface area contributed by atoms with E-state index >= 15 is 0 Å². The van der Waals surface area contributed by atoms with Gasteiger partial charge in [0.1, 0.15) is 23.5 Å². The predicted octanol–water partition coefficient (Wildman–Crippen LogP) is 4.28. The van der Waals surface area contributed by atoms with E-state index in [0.717, 1.165) is 16.8 Å². The van der Waals surface area contributed by atoms with Gasteiger partial charge in [-0.05, 0) is 36.1 Å². The molecule has 5 aromatic rings. The van der Waals surface area contributed by atoms with Gasteiger partial charge in [-0.25, -0.2) is 9.97 Å². The zero-order valence-electron chi connectivity index (χ0n) is 18.8. The molecule has 0 saturated carbocycles. The number of aryl methyl sites for hydroxylation is 1. The molecule has 3 heterocycles. The van der Waals surface area contributed by atoms with Crippen molar-refractivity contribution in [3.8, 4) is 17.1 Å². The van der Waals surface area contributed by atoms with Crippen LogP contribution >= 0.6 is 0 Å². The van der Waals surface area contributed by atoms with Crippen molar-refractivity contribution in [3.63, 3.8) is 0 Å². The Hall–Kier alpha value is -4.53. The van der Waals surface area contributed by atoms with E-state index in [-0.39, 0.29) is 23.3 Å². The topological polar surface area (TPSA) is 125 Å². The molecular formula is C25H23N7O2. The first-order chi connectivity index (χ1) is 16.6. The SMILES string of the molecule is CC[C@H](Nc1ncnc(N)c1-c1nnc(C)o1)c1cc2ccccc2c(=O)n1-c1ccccc1. The minimum atomic E-state index is -0.283. The molecule has 9 nitrogen and oxygen atoms in total. The molecule has 0 unspecified atom stereocenters. The van der Waals surface area contributed by atoms with E-state index in [0.29, 0.717) is 29.1 Å². The van der Waals surface area contributed by atoms with Gasteiger partial charge in [0.2, 0.25) is 5.89 Å². The van der Waals surface area contributed by atoms with Crippen molar-refractivity contribution in [1.29, 1.82) is 0 Å². The first-order valence-electron chi connectivity index (χ1n) is 10.9. The third kappa shape index (κ3) is 3.77. The van der Waals surface area contributed by atoms with Gasteiger partial charge in [0, 0.05) is 23.7 Å². The number of pyridine rings is 1. The summed E-state index contributed by atoms with van der Waals surface area (Å²) in [7, 11) is 0. The van der Waals surface area contributed by atoms with E-state index in [4.69, 9.17) is 10.2 Å². The summed E-state index contributed by atoms with van der Waals surface area (Å²) >= 11 is 0. The van der Waals surface area contributed by atoms with Gasteiger partial charge in [-0.15, -0.1) is 10.2 Å². The van der Waals surface area contributed by atoms with Crippen molar-refractivity contribution in [2.24, 2.45) is 0 Å². The van der Waals surface area contributed by atoms with E-state index in [1.54, 1.807) is 11.5 Å². The zero-order chi connectivity index (χ0) is 23.7. The average molecular weight is 454 g/mol. The molecule has 9 heteroatoms. The second-order valence-electron chi connectivity index (χ2n) is 7.85. The molecule has 0 aliphatic rings. The normalized spacial score (nSPS) is 12.1. The molecule has 0 aliphatic heterocycles. The number of hydrogen-bond acceptors (Lipinski definition) is 8. The van der Waals surface area contributed by atoms with Crippen molar-refractivity contribution >= 4 is 22.4 Å². The number of para-hydroxylation sites is 1. The number of benzene rings is 2. The van der Waals surface area contributed by atoms with Gasteiger partial charge in [-0.2, -0.15) is 0 Å². The van der Waals surface area contributed by atoms with Crippen LogP contribution in [-0.4, -0.2) is 24.7 Å². The highest BCUT2D eigenvalue weighted by Gasteiger charge is 2.23. The number of nitrogens with one attached hydrogen (secondary N) is 1. The molecule has 2 aromatic carbocycles. The van der Waals surface area contributed by atoms with E-state index < -0.39 is 0 Å². The highest BCUT2D eigenvalue weighted by Crippen LogP contribution is 2.33. The van der Waals surface area contributed by atoms with Gasteiger partial charge in [0.25, 0.3) is 11.4 Å². The van der Waals surface area contributed by atoms with Crippen LogP contribution in [0.25, 0.3) is 27.9 Å². The maximum Gasteiger partial charge on any atom is 0.263 e. The molecule has 0 amide bonds. The fourth-order valence-electron chi connectivity index (χ4n) is 4.05. The molecule has 0 fully saturated rings. The van der Waals surface area contributed by atoms with Crippen LogP contribution in [0.5, 0.6) is 0 Å². The summed E-state index contributed by atoms with van der Waals surface area (Å²) in [6, 6.07) is 18.9. The lowest BCUT2D eigenvalue weighted by Crippen LogP contribution is -2.26. The van der Waals surface area contributed by atoms with Gasteiger partial charge in [-0.3, -0.25) is 9.36 Å². The van der Waals surface area contributed by atoms with Crippen molar-refractivity contribution in [2.75, 3.05) is 11.1 Å². The van der Waals surface area contributed by atoms with Crippen LogP contribution in [0.2, 0.25) is 0 Å². The lowest BCUT2D eigenvalue weighted by molar-refractivity contribution is 0.532. The number of aromatic nitrogens is 5. The largest absolute Gasteiger partial charge is 0.421 e. The number of anilines is 2. The smallest absolute Gasteiger partial charge is 0.263 e. The molecule has 5 rings (SSSR count). The summed E-state index contributed by atoms with van der Waals surface area (Å²) in [4.78, 5) is 22.1. The Kier molecular flexibility index (Phi) is 5.51. The van der Waals surface area contributed by atoms with Crippen molar-refractivity contribution < 1.29 is 4.42 Å². The van der Waals surface area contributed by atoms with E-state index in [1.165, 1.54) is 6.33 Å². The minimum absolute atomic E-state index is 0.0884. The molecule has 3 aromatic heterocycles. The summed E-state index contributed by atoms with van der Waals surface area (Å²) < 4.78 is 7.35. The molecule has 0 saturated heterocycles. The van der Waals surface area contributed by atoms with E-state index in [9.17, 15) is 4.79 Å². The van der Waals surface area contributed by atoms with Gasteiger partial charge < -0.3 is 15.5 Å². The summed E-state index contributed by atoms with van der Waals surface area (Å²) in [5.41, 5.74) is 8.08. The average Bonchev–Trinajstić information content (AvgIpc) is 3.28. The molecule has 34 heavy (non-hydrogen) atoms. The molecule has 1 atom stereocenters. The van der Waals surface area contributed by atoms with Crippen LogP contribution in [0, 0.1) is 6.92 Å². The van der Waals surface area contributed by atoms with Crippen molar-refractivity contribution in [3.05, 3.63) is 88.9 Å². The summed E-state index contributed by atoms with van der Waals surface area (Å²) in [5, 5.41) is 13.0. The second-order valence-corrected chi connectivity index (χ2v) is 7.85. The Morgan fingerprint density at radius 1 is 1.06 bits per heavy atom. The number of hydrogen-bond donors (Lipinski definition) is 2. The third-order valence-electron chi connectivity index (χ3n) is 5.66. The van der Waals surface area contributed by atoms with E-state index in [2.05, 4.69) is 25.5 Å². The Morgan fingerprint density at radius 3 is 2.56 bits per heavy atom. The predicted molar refractivity (Wildman–Crippen MR) is 131 cm³/mol. The van der Waals surface area contributed by atoms with Gasteiger partial charge in [0.05, 0.1) is 6.04 Å². The summed E-state index contributed by atoms with van der Waals surface area (Å²) in [6.07, 6.45) is 2.04. The molecule has 3 N–H and O–H groups in total. The van der Waals surface area contributed by atoms with E-state index in [1.807, 2.05) is 67.6 Å². The molecule has 170 valence electrons. The Balaban J connectivity index is 1.69. The molecule has 0 aliphatic carbocycles. The second kappa shape index (κ2) is 8.78. The van der Waals surface area contributed by atoms with Gasteiger partial charge in [-0.1, -0.05) is 43.3 Å². The fraction of sp³-hybridized carbons (Fsp3) is 0.160. The first-order valence-corrected chi connectivity index (χ1v) is 10.9. The number of fused-ring (bicyclic) bond motifs is 1. The van der Waals surface area contributed by atoms with Crippen LogP contribution in [-0.2, 0) is 0 Å². The number of nitrogens with two attached hydrogens (primary N) is 1. The Morgan fingerprint density at radius 2 is 1.82 bits per heavy atom. The highest BCUT2D eigenvalue weighted by atomic mass is 16.4. The highest BCUT2D eigenvalue weighted by molar-refractivity contribution is 5.83. The fourth-order valence-corrected chi connectivity index (χ4v) is 4.05. The maximum atomic E-state index is 13.6. The van der Waals surface area contributed by atoms with Crippen molar-refractivity contribution in [1.82, 2.24) is 24.7 Å². The lowest BCUT2D eigenvalue weighted by Gasteiger charge is -2.24. The summed E-state index contributed by atoms with van der Waals surface area (Å²) in [5.74, 6) is 1.30. The number of rotatable bonds is 6. The van der Waals surface area contributed by atoms with Crippen LogP contribution in [0.15, 0.2) is 76.2 Å². The lowest BCUT2D eigenvalue weighted by atomic mass is 10.0. The van der Waals surface area contributed by atoms with Crippen molar-refractivity contribution in [2.45, 2.75) is 26.3 Å². The molecule has 0 bridgehead atoms. The number of nitrogen functional groups attached to an aromatic ring is 1. The van der Waals surface area contributed by atoms with Crippen LogP contribution in [0.4, 0.5) is 11.6 Å². The van der Waals surface area contributed by atoms with Crippen LogP contribution in [0.1, 0.15) is 31.0 Å². The first kappa shape index (κ1) is 21.3. The monoisotopic (exact) mass is 453 g/mol. The number of nitrogens with zero attached hydrogens (tertiary/aromatic N) is 5. The standard InChI is InChI=1S/C25H23N7O2/c1-3-19(29-23-21(22(26)27-14-28-23)24-31-30-15(2)34-24)20-13-16-9-7-8-12-18(16)25(33)32(20)17-10-5-4-6-11-17/h4-14,19H,3H2,1-2H3,(H3,26,27,28,29)/t19-/m0/s1. The van der Waals surface area contributed by atoms with Gasteiger partial charge >= 0.3 is 0 Å². The van der Waals surface area contributed by atoms with Crippen LogP contribution < -0.4 is 16.6 Å². The molecular weight excluding hydrogens is 430 g/mol. The zero-order valence-corrected chi connectivity index (χ0v) is 18.8. The minimum Gasteiger partial charge on any atom is -0.421 e. The maximum absolute atomic E-state index is 13.6. The quantitative estimate of drug-likeness (QED) is 0.390. The Bertz CT molecular complexity index is 1530.